The summed E-state index contributed by atoms with van der Waals surface area (Å²) in [7, 11) is -3.75. The van der Waals surface area contributed by atoms with Crippen LogP contribution in [0.5, 0.6) is 0 Å². The van der Waals surface area contributed by atoms with Crippen LogP contribution in [-0.4, -0.2) is 19.3 Å². The summed E-state index contributed by atoms with van der Waals surface area (Å²) in [5, 5.41) is 4.43. The van der Waals surface area contributed by atoms with Crippen molar-refractivity contribution >= 4 is 38.1 Å². The maximum atomic E-state index is 12.4. The minimum Gasteiger partial charge on any atom is -0.321 e. The molecule has 0 radical (unpaired) electrons. The van der Waals surface area contributed by atoms with Crippen LogP contribution in [0.1, 0.15) is 27.2 Å². The number of carbonyl (C=O) groups excluding carboxylic acids is 1. The SMILES string of the molecule is Cc1ccc(S(=O)(=O)Nc2nc(C(=O)Nc3ccc(C)c(C)c3)cs2)cc1. The third kappa shape index (κ3) is 4.53. The Balaban J connectivity index is 1.73. The minimum absolute atomic E-state index is 0.140. The standard InChI is InChI=1S/C19H19N3O3S2/c1-12-4-8-16(9-5-12)27(24,25)22-19-21-17(11-26-19)18(23)20-15-7-6-13(2)14(3)10-15/h4-11H,1-3H3,(H,20,23)(H,21,22). The van der Waals surface area contributed by atoms with Crippen LogP contribution in [0.15, 0.2) is 52.7 Å². The molecule has 0 fully saturated rings. The predicted octanol–water partition coefficient (Wildman–Crippen LogP) is 4.12. The van der Waals surface area contributed by atoms with Gasteiger partial charge in [0.1, 0.15) is 5.69 Å². The van der Waals surface area contributed by atoms with Crippen LogP contribution in [0.4, 0.5) is 10.8 Å². The Morgan fingerprint density at radius 2 is 1.70 bits per heavy atom. The second kappa shape index (κ2) is 7.50. The first kappa shape index (κ1) is 19.1. The highest BCUT2D eigenvalue weighted by molar-refractivity contribution is 7.93. The van der Waals surface area contributed by atoms with Crippen LogP contribution in [0.25, 0.3) is 0 Å². The van der Waals surface area contributed by atoms with Crippen LogP contribution in [0, 0.1) is 20.8 Å². The van der Waals surface area contributed by atoms with Crippen molar-refractivity contribution < 1.29 is 13.2 Å². The van der Waals surface area contributed by atoms with Gasteiger partial charge in [-0.25, -0.2) is 13.4 Å². The molecular formula is C19H19N3O3S2. The number of hydrogen-bond donors (Lipinski definition) is 2. The molecule has 0 aliphatic heterocycles. The molecule has 0 saturated heterocycles. The van der Waals surface area contributed by atoms with E-state index in [-0.39, 0.29) is 15.7 Å². The number of benzene rings is 2. The number of nitrogens with zero attached hydrogens (tertiary/aromatic N) is 1. The van der Waals surface area contributed by atoms with Crippen LogP contribution < -0.4 is 10.0 Å². The maximum absolute atomic E-state index is 12.4. The molecule has 0 saturated carbocycles. The number of carbonyl (C=O) groups is 1. The first-order valence-corrected chi connectivity index (χ1v) is 10.5. The lowest BCUT2D eigenvalue weighted by Gasteiger charge is -2.06. The zero-order valence-electron chi connectivity index (χ0n) is 15.1. The van der Waals surface area contributed by atoms with E-state index in [0.29, 0.717) is 5.69 Å². The average molecular weight is 402 g/mol. The lowest BCUT2D eigenvalue weighted by atomic mass is 10.1. The number of anilines is 2. The third-order valence-corrected chi connectivity index (χ3v) is 6.30. The normalized spacial score (nSPS) is 11.2. The van der Waals surface area contributed by atoms with Gasteiger partial charge >= 0.3 is 0 Å². The van der Waals surface area contributed by atoms with Crippen molar-refractivity contribution in [2.24, 2.45) is 0 Å². The molecule has 140 valence electrons. The number of rotatable bonds is 5. The average Bonchev–Trinajstić information content (AvgIpc) is 3.06. The summed E-state index contributed by atoms with van der Waals surface area (Å²) in [6.45, 7) is 5.84. The minimum atomic E-state index is -3.75. The highest BCUT2D eigenvalue weighted by Gasteiger charge is 2.18. The van der Waals surface area contributed by atoms with Gasteiger partial charge in [0.2, 0.25) is 0 Å². The second-order valence-electron chi connectivity index (χ2n) is 6.21. The second-order valence-corrected chi connectivity index (χ2v) is 8.75. The summed E-state index contributed by atoms with van der Waals surface area (Å²) < 4.78 is 27.2. The van der Waals surface area contributed by atoms with Crippen molar-refractivity contribution in [2.45, 2.75) is 25.7 Å². The molecule has 0 spiro atoms. The zero-order chi connectivity index (χ0) is 19.6. The number of aromatic nitrogens is 1. The van der Waals surface area contributed by atoms with Crippen molar-refractivity contribution in [2.75, 3.05) is 10.0 Å². The van der Waals surface area contributed by atoms with Gasteiger partial charge in [0.25, 0.3) is 15.9 Å². The summed E-state index contributed by atoms with van der Waals surface area (Å²) in [6, 6.07) is 12.1. The van der Waals surface area contributed by atoms with Gasteiger partial charge in [-0.1, -0.05) is 23.8 Å². The molecule has 6 nitrogen and oxygen atoms in total. The van der Waals surface area contributed by atoms with Gasteiger partial charge in [-0.2, -0.15) is 0 Å². The molecule has 1 amide bonds. The topological polar surface area (TPSA) is 88.2 Å². The van der Waals surface area contributed by atoms with E-state index in [1.165, 1.54) is 17.5 Å². The number of amides is 1. The molecule has 1 heterocycles. The molecule has 3 aromatic rings. The first-order valence-electron chi connectivity index (χ1n) is 8.18. The van der Waals surface area contributed by atoms with E-state index in [1.54, 1.807) is 12.1 Å². The fraction of sp³-hybridized carbons (Fsp3) is 0.158. The van der Waals surface area contributed by atoms with Gasteiger partial charge in [-0.3, -0.25) is 9.52 Å². The first-order chi connectivity index (χ1) is 12.7. The smallest absolute Gasteiger partial charge is 0.275 e. The molecule has 27 heavy (non-hydrogen) atoms. The van der Waals surface area contributed by atoms with Gasteiger partial charge in [0.15, 0.2) is 5.13 Å². The van der Waals surface area contributed by atoms with E-state index >= 15 is 0 Å². The Hall–Kier alpha value is -2.71. The molecule has 0 unspecified atom stereocenters. The van der Waals surface area contributed by atoms with E-state index in [0.717, 1.165) is 28.0 Å². The summed E-state index contributed by atoms with van der Waals surface area (Å²) in [5.74, 6) is -0.393. The number of nitrogens with one attached hydrogen (secondary N) is 2. The van der Waals surface area contributed by atoms with Crippen LogP contribution in [0.3, 0.4) is 0 Å². The van der Waals surface area contributed by atoms with Gasteiger partial charge in [0, 0.05) is 11.1 Å². The summed E-state index contributed by atoms with van der Waals surface area (Å²) in [6.07, 6.45) is 0. The Labute approximate surface area is 162 Å². The van der Waals surface area contributed by atoms with E-state index < -0.39 is 15.9 Å². The van der Waals surface area contributed by atoms with Crippen molar-refractivity contribution in [1.82, 2.24) is 4.98 Å². The highest BCUT2D eigenvalue weighted by atomic mass is 32.2. The summed E-state index contributed by atoms with van der Waals surface area (Å²) in [5.41, 5.74) is 3.98. The van der Waals surface area contributed by atoms with Crippen molar-refractivity contribution in [3.8, 4) is 0 Å². The fourth-order valence-electron chi connectivity index (χ4n) is 2.33. The molecule has 0 bridgehead atoms. The molecule has 0 aliphatic carbocycles. The van der Waals surface area contributed by atoms with Crippen LogP contribution in [0.2, 0.25) is 0 Å². The number of aryl methyl sites for hydroxylation is 3. The van der Waals surface area contributed by atoms with E-state index in [2.05, 4.69) is 15.0 Å². The predicted molar refractivity (Wildman–Crippen MR) is 108 cm³/mol. The molecular weight excluding hydrogens is 382 g/mol. The number of thiazole rings is 1. The maximum Gasteiger partial charge on any atom is 0.275 e. The van der Waals surface area contributed by atoms with E-state index in [1.807, 2.05) is 39.0 Å². The lowest BCUT2D eigenvalue weighted by Crippen LogP contribution is -2.15. The Bertz CT molecular complexity index is 1090. The molecule has 0 aliphatic rings. The third-order valence-electron chi connectivity index (χ3n) is 4.05. The Morgan fingerprint density at radius 3 is 2.37 bits per heavy atom. The van der Waals surface area contributed by atoms with E-state index in [4.69, 9.17) is 0 Å². The Morgan fingerprint density at radius 1 is 1.00 bits per heavy atom. The molecule has 3 rings (SSSR count). The Kier molecular flexibility index (Phi) is 5.29. The van der Waals surface area contributed by atoms with Crippen LogP contribution >= 0.6 is 11.3 Å². The van der Waals surface area contributed by atoms with Crippen molar-refractivity contribution in [1.29, 1.82) is 0 Å². The summed E-state index contributed by atoms with van der Waals surface area (Å²) >= 11 is 1.06. The number of hydrogen-bond acceptors (Lipinski definition) is 5. The quantitative estimate of drug-likeness (QED) is 0.673. The van der Waals surface area contributed by atoms with E-state index in [9.17, 15) is 13.2 Å². The van der Waals surface area contributed by atoms with Crippen LogP contribution in [-0.2, 0) is 10.0 Å². The molecule has 1 aromatic heterocycles. The zero-order valence-corrected chi connectivity index (χ0v) is 16.7. The largest absolute Gasteiger partial charge is 0.321 e. The van der Waals surface area contributed by atoms with Gasteiger partial charge in [0.05, 0.1) is 4.90 Å². The molecule has 8 heteroatoms. The van der Waals surface area contributed by atoms with Gasteiger partial charge in [-0.15, -0.1) is 11.3 Å². The molecule has 2 aromatic carbocycles. The molecule has 0 atom stereocenters. The highest BCUT2D eigenvalue weighted by Crippen LogP contribution is 2.22. The lowest BCUT2D eigenvalue weighted by molar-refractivity contribution is 0.102. The fourth-order valence-corrected chi connectivity index (χ4v) is 4.27. The van der Waals surface area contributed by atoms with Crippen molar-refractivity contribution in [3.63, 3.8) is 0 Å². The monoisotopic (exact) mass is 401 g/mol. The van der Waals surface area contributed by atoms with Gasteiger partial charge < -0.3 is 5.32 Å². The van der Waals surface area contributed by atoms with Gasteiger partial charge in [-0.05, 0) is 56.2 Å². The summed E-state index contributed by atoms with van der Waals surface area (Å²) in [4.78, 5) is 16.6. The van der Waals surface area contributed by atoms with Crippen molar-refractivity contribution in [3.05, 3.63) is 70.2 Å². The molecule has 2 N–H and O–H groups in total. The number of sulfonamides is 1.